The van der Waals surface area contributed by atoms with Crippen LogP contribution in [0.1, 0.15) is 32.6 Å². The molecule has 1 aliphatic heterocycles. The van der Waals surface area contributed by atoms with Crippen molar-refractivity contribution in [3.63, 3.8) is 0 Å². The minimum absolute atomic E-state index is 0.0243. The second-order valence-electron chi connectivity index (χ2n) is 7.22. The van der Waals surface area contributed by atoms with E-state index in [1.807, 2.05) is 0 Å². The molecule has 1 fully saturated rings. The van der Waals surface area contributed by atoms with Crippen molar-refractivity contribution in [3.8, 4) is 11.5 Å². The number of hydrogen-bond acceptors (Lipinski definition) is 7. The lowest BCUT2D eigenvalue weighted by Crippen LogP contribution is -2.40. The lowest BCUT2D eigenvalue weighted by atomic mass is 10.1. The molecule has 158 valence electrons. The summed E-state index contributed by atoms with van der Waals surface area (Å²) in [5.41, 5.74) is 0.372. The Morgan fingerprint density at radius 3 is 2.72 bits per heavy atom. The molecular formula is C21H29N3O5. The molecule has 1 aromatic carbocycles. The van der Waals surface area contributed by atoms with Crippen LogP contribution in [0.4, 0.5) is 0 Å². The molecule has 1 aromatic heterocycles. The van der Waals surface area contributed by atoms with Gasteiger partial charge < -0.3 is 14.2 Å². The number of fused-ring (bicyclic) bond motifs is 1. The van der Waals surface area contributed by atoms with Crippen LogP contribution in [-0.2, 0) is 16.1 Å². The van der Waals surface area contributed by atoms with Crippen LogP contribution in [0.25, 0.3) is 10.9 Å². The summed E-state index contributed by atoms with van der Waals surface area (Å²) in [6, 6.07) is 3.32. The lowest BCUT2D eigenvalue weighted by molar-refractivity contribution is -0.151. The molecule has 0 aliphatic carbocycles. The molecule has 1 aliphatic rings. The zero-order valence-corrected chi connectivity index (χ0v) is 17.3. The summed E-state index contributed by atoms with van der Waals surface area (Å²) in [5.74, 6) is 0.798. The maximum absolute atomic E-state index is 12.8. The molecule has 8 heteroatoms. The van der Waals surface area contributed by atoms with Crippen molar-refractivity contribution in [2.75, 3.05) is 33.9 Å². The number of hydrogen-bond donors (Lipinski definition) is 0. The number of carbonyl (C=O) groups is 1. The predicted octanol–water partition coefficient (Wildman–Crippen LogP) is 2.22. The number of esters is 1. The Kier molecular flexibility index (Phi) is 7.09. The molecule has 0 radical (unpaired) electrons. The highest BCUT2D eigenvalue weighted by molar-refractivity contribution is 5.81. The van der Waals surface area contributed by atoms with Crippen molar-refractivity contribution >= 4 is 16.9 Å². The number of piperidine rings is 1. The predicted molar refractivity (Wildman–Crippen MR) is 110 cm³/mol. The lowest BCUT2D eigenvalue weighted by Gasteiger charge is -2.31. The van der Waals surface area contributed by atoms with Crippen molar-refractivity contribution in [2.45, 2.75) is 45.3 Å². The molecule has 1 unspecified atom stereocenters. The van der Waals surface area contributed by atoms with Crippen LogP contribution < -0.4 is 15.0 Å². The Morgan fingerprint density at radius 1 is 1.24 bits per heavy atom. The molecule has 2 aromatic rings. The molecule has 0 N–H and O–H groups in total. The first-order chi connectivity index (χ1) is 14.0. The molecule has 2 heterocycles. The Balaban J connectivity index is 1.59. The van der Waals surface area contributed by atoms with E-state index in [9.17, 15) is 9.59 Å². The first-order valence-corrected chi connectivity index (χ1v) is 10.1. The van der Waals surface area contributed by atoms with Gasteiger partial charge in [-0.15, -0.1) is 0 Å². The van der Waals surface area contributed by atoms with E-state index in [1.54, 1.807) is 12.1 Å². The van der Waals surface area contributed by atoms with E-state index < -0.39 is 0 Å². The molecule has 0 amide bonds. The van der Waals surface area contributed by atoms with Crippen molar-refractivity contribution in [2.24, 2.45) is 0 Å². The molecule has 1 saturated heterocycles. The molecular weight excluding hydrogens is 374 g/mol. The van der Waals surface area contributed by atoms with E-state index in [0.29, 0.717) is 35.4 Å². The smallest absolute Gasteiger partial charge is 0.306 e. The van der Waals surface area contributed by atoms with Crippen LogP contribution in [-0.4, -0.2) is 60.4 Å². The van der Waals surface area contributed by atoms with Crippen molar-refractivity contribution in [1.29, 1.82) is 0 Å². The van der Waals surface area contributed by atoms with Crippen LogP contribution in [0.5, 0.6) is 11.5 Å². The summed E-state index contributed by atoms with van der Waals surface area (Å²) in [6.45, 7) is 5.37. The fourth-order valence-electron chi connectivity index (χ4n) is 3.68. The highest BCUT2D eigenvalue weighted by Crippen LogP contribution is 2.29. The second kappa shape index (κ2) is 9.73. The Morgan fingerprint density at radius 2 is 2.00 bits per heavy atom. The number of rotatable bonds is 8. The molecule has 0 bridgehead atoms. The van der Waals surface area contributed by atoms with Crippen molar-refractivity contribution < 1.29 is 19.0 Å². The molecule has 1 atom stereocenters. The summed E-state index contributed by atoms with van der Waals surface area (Å²) in [5, 5.41) is 0.453. The first kappa shape index (κ1) is 21.1. The zero-order chi connectivity index (χ0) is 20.8. The quantitative estimate of drug-likeness (QED) is 0.625. The minimum Gasteiger partial charge on any atom is -0.493 e. The average Bonchev–Trinajstić information content (AvgIpc) is 2.74. The molecule has 3 rings (SSSR count). The zero-order valence-electron chi connectivity index (χ0n) is 17.3. The van der Waals surface area contributed by atoms with Crippen LogP contribution in [0, 0.1) is 0 Å². The van der Waals surface area contributed by atoms with Gasteiger partial charge in [0.25, 0.3) is 5.56 Å². The van der Waals surface area contributed by atoms with Crippen LogP contribution in [0.3, 0.4) is 0 Å². The highest BCUT2D eigenvalue weighted by atomic mass is 16.5. The Bertz CT molecular complexity index is 911. The normalized spacial score (nSPS) is 17.3. The van der Waals surface area contributed by atoms with Gasteiger partial charge >= 0.3 is 5.97 Å². The van der Waals surface area contributed by atoms with Gasteiger partial charge in [-0.3, -0.25) is 19.1 Å². The van der Waals surface area contributed by atoms with Gasteiger partial charge in [-0.25, -0.2) is 4.98 Å². The number of benzene rings is 1. The van der Waals surface area contributed by atoms with Gasteiger partial charge in [0.2, 0.25) is 0 Å². The highest BCUT2D eigenvalue weighted by Gasteiger charge is 2.21. The standard InChI is InChI=1S/C21H29N3O5/c1-4-23-9-5-7-15(13-23)29-20(25)8-6-10-24-14-22-17-12-19(28-3)18(27-2)11-16(17)21(24)26/h11-12,14-15H,4-10,13H2,1-3H3. The molecule has 0 spiro atoms. The van der Waals surface area contributed by atoms with Gasteiger partial charge in [0, 0.05) is 25.6 Å². The summed E-state index contributed by atoms with van der Waals surface area (Å²) in [7, 11) is 3.06. The monoisotopic (exact) mass is 403 g/mol. The number of likely N-dealkylation sites (tertiary alicyclic amines) is 1. The van der Waals surface area contributed by atoms with E-state index in [-0.39, 0.29) is 24.1 Å². The largest absolute Gasteiger partial charge is 0.493 e. The summed E-state index contributed by atoms with van der Waals surface area (Å²) < 4.78 is 17.6. The van der Waals surface area contributed by atoms with Crippen molar-refractivity contribution in [1.82, 2.24) is 14.5 Å². The third kappa shape index (κ3) is 5.06. The fraction of sp³-hybridized carbons (Fsp3) is 0.571. The molecule has 0 saturated carbocycles. The average molecular weight is 403 g/mol. The van der Waals surface area contributed by atoms with E-state index >= 15 is 0 Å². The fourth-order valence-corrected chi connectivity index (χ4v) is 3.68. The number of ether oxygens (including phenoxy) is 3. The Hall–Kier alpha value is -2.61. The minimum atomic E-state index is -0.207. The number of nitrogens with zero attached hydrogens (tertiary/aromatic N) is 3. The maximum atomic E-state index is 12.8. The third-order valence-electron chi connectivity index (χ3n) is 5.32. The number of carbonyl (C=O) groups excluding carboxylic acids is 1. The van der Waals surface area contributed by atoms with Crippen LogP contribution in [0.15, 0.2) is 23.3 Å². The van der Waals surface area contributed by atoms with E-state index in [0.717, 1.165) is 32.5 Å². The second-order valence-corrected chi connectivity index (χ2v) is 7.22. The van der Waals surface area contributed by atoms with Crippen molar-refractivity contribution in [3.05, 3.63) is 28.8 Å². The molecule has 29 heavy (non-hydrogen) atoms. The van der Waals surface area contributed by atoms with Crippen LogP contribution in [0.2, 0.25) is 0 Å². The first-order valence-electron chi connectivity index (χ1n) is 10.1. The number of likely N-dealkylation sites (N-methyl/N-ethyl adjacent to an activating group) is 1. The van der Waals surface area contributed by atoms with Gasteiger partial charge in [-0.05, 0) is 38.4 Å². The third-order valence-corrected chi connectivity index (χ3v) is 5.32. The summed E-state index contributed by atoms with van der Waals surface area (Å²) in [4.78, 5) is 31.6. The number of aryl methyl sites for hydroxylation is 1. The van der Waals surface area contributed by atoms with E-state index in [2.05, 4.69) is 16.8 Å². The Labute approximate surface area is 170 Å². The van der Waals surface area contributed by atoms with Crippen LogP contribution >= 0.6 is 0 Å². The summed E-state index contributed by atoms with van der Waals surface area (Å²) >= 11 is 0. The topological polar surface area (TPSA) is 82.9 Å². The van der Waals surface area contributed by atoms with E-state index in [1.165, 1.54) is 25.1 Å². The maximum Gasteiger partial charge on any atom is 0.306 e. The number of methoxy groups -OCH3 is 2. The van der Waals surface area contributed by atoms with E-state index in [4.69, 9.17) is 14.2 Å². The van der Waals surface area contributed by atoms with Gasteiger partial charge in [0.1, 0.15) is 6.10 Å². The van der Waals surface area contributed by atoms with Gasteiger partial charge in [-0.2, -0.15) is 0 Å². The van der Waals surface area contributed by atoms with Gasteiger partial charge in [0.05, 0.1) is 31.4 Å². The SMILES string of the molecule is CCN1CCCC(OC(=O)CCCn2cnc3cc(OC)c(OC)cc3c2=O)C1. The van der Waals surface area contributed by atoms with Gasteiger partial charge in [0.15, 0.2) is 11.5 Å². The van der Waals surface area contributed by atoms with Gasteiger partial charge in [-0.1, -0.05) is 6.92 Å². The number of aromatic nitrogens is 2. The molecule has 8 nitrogen and oxygen atoms in total. The summed E-state index contributed by atoms with van der Waals surface area (Å²) in [6.07, 6.45) is 4.24.